The summed E-state index contributed by atoms with van der Waals surface area (Å²) in [4.78, 5) is 26.6. The Kier molecular flexibility index (Phi) is 6.92. The highest BCUT2D eigenvalue weighted by Crippen LogP contribution is 2.40. The van der Waals surface area contributed by atoms with E-state index < -0.39 is 33.4 Å². The van der Waals surface area contributed by atoms with Crippen LogP contribution in [-0.4, -0.2) is 60.6 Å². The summed E-state index contributed by atoms with van der Waals surface area (Å²) in [6.07, 6.45) is 3.34. The summed E-state index contributed by atoms with van der Waals surface area (Å²) in [6.45, 7) is 5.66. The molecule has 0 unspecified atom stereocenters. The highest BCUT2D eigenvalue weighted by Gasteiger charge is 2.43. The third-order valence-electron chi connectivity index (χ3n) is 7.48. The molecule has 0 radical (unpaired) electrons. The number of rotatable bonds is 8. The SMILES string of the molecule is CC[C@@](C(=O)O)(c1ccc(N2CCCC2)cc1)c1ccc(S(=O)(=O)N2CCC[C@@H]2C(=O)O)cc1C. The van der Waals surface area contributed by atoms with Crippen LogP contribution in [0.25, 0.3) is 0 Å². The molecule has 2 aromatic rings. The molecule has 8 nitrogen and oxygen atoms in total. The average Bonchev–Trinajstić information content (AvgIpc) is 3.54. The number of carboxylic acid groups (broad SMARTS) is 2. The van der Waals surface area contributed by atoms with E-state index in [9.17, 15) is 28.2 Å². The van der Waals surface area contributed by atoms with Gasteiger partial charge in [0.2, 0.25) is 10.0 Å². The maximum absolute atomic E-state index is 13.2. The summed E-state index contributed by atoms with van der Waals surface area (Å²) in [6, 6.07) is 11.0. The van der Waals surface area contributed by atoms with Crippen LogP contribution in [0.5, 0.6) is 0 Å². The van der Waals surface area contributed by atoms with E-state index in [1.807, 2.05) is 31.2 Å². The van der Waals surface area contributed by atoms with Gasteiger partial charge in [-0.15, -0.1) is 0 Å². The molecule has 4 rings (SSSR count). The van der Waals surface area contributed by atoms with Gasteiger partial charge in [0.15, 0.2) is 0 Å². The van der Waals surface area contributed by atoms with Crippen LogP contribution < -0.4 is 4.90 Å². The van der Waals surface area contributed by atoms with Crippen LogP contribution in [0.3, 0.4) is 0 Å². The van der Waals surface area contributed by atoms with Gasteiger partial charge in [0.05, 0.1) is 4.90 Å². The lowest BCUT2D eigenvalue weighted by atomic mass is 9.71. The number of benzene rings is 2. The Morgan fingerprint density at radius 1 is 1.00 bits per heavy atom. The van der Waals surface area contributed by atoms with Crippen molar-refractivity contribution in [2.75, 3.05) is 24.5 Å². The summed E-state index contributed by atoms with van der Waals surface area (Å²) in [7, 11) is -4.02. The van der Waals surface area contributed by atoms with E-state index in [1.54, 1.807) is 13.0 Å². The lowest BCUT2D eigenvalue weighted by molar-refractivity contribution is -0.142. The molecule has 35 heavy (non-hydrogen) atoms. The van der Waals surface area contributed by atoms with Crippen molar-refractivity contribution in [1.82, 2.24) is 4.31 Å². The maximum atomic E-state index is 13.2. The van der Waals surface area contributed by atoms with Crippen LogP contribution in [0.2, 0.25) is 0 Å². The normalized spacial score (nSPS) is 20.6. The van der Waals surface area contributed by atoms with Crippen molar-refractivity contribution in [1.29, 1.82) is 0 Å². The van der Waals surface area contributed by atoms with Crippen molar-refractivity contribution >= 4 is 27.6 Å². The van der Waals surface area contributed by atoms with E-state index in [0.29, 0.717) is 23.1 Å². The van der Waals surface area contributed by atoms with E-state index in [1.165, 1.54) is 12.1 Å². The van der Waals surface area contributed by atoms with Crippen molar-refractivity contribution in [2.24, 2.45) is 0 Å². The van der Waals surface area contributed by atoms with Crippen molar-refractivity contribution in [3.8, 4) is 0 Å². The molecule has 2 heterocycles. The number of hydrogen-bond acceptors (Lipinski definition) is 5. The van der Waals surface area contributed by atoms with Crippen LogP contribution in [0.4, 0.5) is 5.69 Å². The van der Waals surface area contributed by atoms with Crippen LogP contribution in [0.15, 0.2) is 47.4 Å². The predicted molar refractivity (Wildman–Crippen MR) is 132 cm³/mol. The molecular formula is C26H32N2O6S. The number of carboxylic acids is 2. The maximum Gasteiger partial charge on any atom is 0.322 e. The second-order valence-electron chi connectivity index (χ2n) is 9.39. The lowest BCUT2D eigenvalue weighted by Gasteiger charge is -2.32. The molecule has 0 aliphatic carbocycles. The molecule has 0 bridgehead atoms. The Hall–Kier alpha value is -2.91. The molecule has 0 amide bonds. The summed E-state index contributed by atoms with van der Waals surface area (Å²) < 4.78 is 27.5. The summed E-state index contributed by atoms with van der Waals surface area (Å²) in [5, 5.41) is 19.9. The first-order chi connectivity index (χ1) is 16.6. The first-order valence-corrected chi connectivity index (χ1v) is 13.5. The first kappa shape index (κ1) is 25.2. The Labute approximate surface area is 206 Å². The third-order valence-corrected chi connectivity index (χ3v) is 9.38. The minimum atomic E-state index is -4.02. The van der Waals surface area contributed by atoms with Crippen molar-refractivity contribution in [3.05, 3.63) is 59.2 Å². The molecule has 0 saturated carbocycles. The van der Waals surface area contributed by atoms with Crippen molar-refractivity contribution < 1.29 is 28.2 Å². The van der Waals surface area contributed by atoms with Gasteiger partial charge in [-0.2, -0.15) is 4.31 Å². The Morgan fingerprint density at radius 2 is 1.66 bits per heavy atom. The van der Waals surface area contributed by atoms with Gasteiger partial charge >= 0.3 is 11.9 Å². The standard InChI is InChI=1S/C26H32N2O6S/c1-3-26(25(31)32,19-8-10-20(11-9-19)27-14-4-5-15-27)22-13-12-21(17-18(22)2)35(33,34)28-16-6-7-23(28)24(29)30/h8-13,17,23H,3-7,14-16H2,1-2H3,(H,29,30)(H,31,32)/t23-,26-/m1/s1. The molecule has 2 aliphatic rings. The highest BCUT2D eigenvalue weighted by atomic mass is 32.2. The van der Waals surface area contributed by atoms with E-state index in [-0.39, 0.29) is 24.3 Å². The van der Waals surface area contributed by atoms with Gasteiger partial charge in [-0.25, -0.2) is 8.42 Å². The Morgan fingerprint density at radius 3 is 2.20 bits per heavy atom. The molecule has 2 aromatic carbocycles. The van der Waals surface area contributed by atoms with E-state index in [2.05, 4.69) is 4.90 Å². The van der Waals surface area contributed by atoms with Crippen LogP contribution in [-0.2, 0) is 25.0 Å². The van der Waals surface area contributed by atoms with E-state index in [0.717, 1.165) is 35.9 Å². The smallest absolute Gasteiger partial charge is 0.322 e. The number of aryl methyl sites for hydroxylation is 1. The van der Waals surface area contributed by atoms with Gasteiger partial charge in [-0.05, 0) is 80.0 Å². The molecule has 2 aliphatic heterocycles. The molecule has 188 valence electrons. The van der Waals surface area contributed by atoms with Crippen molar-refractivity contribution in [2.45, 2.75) is 62.3 Å². The molecule has 2 atom stereocenters. The van der Waals surface area contributed by atoms with Gasteiger partial charge in [0.1, 0.15) is 11.5 Å². The number of anilines is 1. The number of aliphatic carboxylic acids is 2. The van der Waals surface area contributed by atoms with Crippen molar-refractivity contribution in [3.63, 3.8) is 0 Å². The summed E-state index contributed by atoms with van der Waals surface area (Å²) in [5.74, 6) is -2.16. The molecule has 2 saturated heterocycles. The lowest BCUT2D eigenvalue weighted by Crippen LogP contribution is -2.40. The fraction of sp³-hybridized carbons (Fsp3) is 0.462. The molecule has 2 N–H and O–H groups in total. The predicted octanol–water partition coefficient (Wildman–Crippen LogP) is 3.61. The molecule has 9 heteroatoms. The highest BCUT2D eigenvalue weighted by molar-refractivity contribution is 7.89. The fourth-order valence-electron chi connectivity index (χ4n) is 5.56. The topological polar surface area (TPSA) is 115 Å². The van der Waals surface area contributed by atoms with Crippen LogP contribution >= 0.6 is 0 Å². The van der Waals surface area contributed by atoms with Gasteiger partial charge in [0, 0.05) is 25.3 Å². The molecule has 0 aromatic heterocycles. The number of hydrogen-bond donors (Lipinski definition) is 2. The van der Waals surface area contributed by atoms with Gasteiger partial charge in [0.25, 0.3) is 0 Å². The zero-order valence-corrected chi connectivity index (χ0v) is 20.9. The second-order valence-corrected chi connectivity index (χ2v) is 11.3. The number of nitrogens with zero attached hydrogens (tertiary/aromatic N) is 2. The van der Waals surface area contributed by atoms with Crippen LogP contribution in [0, 0.1) is 6.92 Å². The first-order valence-electron chi connectivity index (χ1n) is 12.1. The van der Waals surface area contributed by atoms with Gasteiger partial charge in [-0.3, -0.25) is 9.59 Å². The molecule has 0 spiro atoms. The Bertz CT molecular complexity index is 1220. The number of carbonyl (C=O) groups is 2. The quantitative estimate of drug-likeness (QED) is 0.569. The Balaban J connectivity index is 1.73. The third kappa shape index (κ3) is 4.31. The number of sulfonamides is 1. The van der Waals surface area contributed by atoms with Gasteiger partial charge in [-0.1, -0.05) is 25.1 Å². The van der Waals surface area contributed by atoms with Gasteiger partial charge < -0.3 is 15.1 Å². The summed E-state index contributed by atoms with van der Waals surface area (Å²) in [5.41, 5.74) is 1.42. The zero-order chi connectivity index (χ0) is 25.4. The largest absolute Gasteiger partial charge is 0.480 e. The minimum absolute atomic E-state index is 0.0216. The van der Waals surface area contributed by atoms with Crippen LogP contribution in [0.1, 0.15) is 55.7 Å². The second kappa shape index (κ2) is 9.62. The molecular weight excluding hydrogens is 468 g/mol. The average molecular weight is 501 g/mol. The monoisotopic (exact) mass is 500 g/mol. The summed E-state index contributed by atoms with van der Waals surface area (Å²) >= 11 is 0. The van der Waals surface area contributed by atoms with E-state index >= 15 is 0 Å². The fourth-order valence-corrected chi connectivity index (χ4v) is 7.29. The minimum Gasteiger partial charge on any atom is -0.480 e. The zero-order valence-electron chi connectivity index (χ0n) is 20.1. The van der Waals surface area contributed by atoms with E-state index in [4.69, 9.17) is 0 Å². The molecule has 2 fully saturated rings.